The van der Waals surface area contributed by atoms with Crippen LogP contribution < -0.4 is 5.32 Å². The Labute approximate surface area is 196 Å². The van der Waals surface area contributed by atoms with Gasteiger partial charge >= 0.3 is 0 Å². The van der Waals surface area contributed by atoms with Gasteiger partial charge in [0.2, 0.25) is 5.91 Å². The van der Waals surface area contributed by atoms with Crippen molar-refractivity contribution in [1.82, 2.24) is 20.2 Å². The highest BCUT2D eigenvalue weighted by molar-refractivity contribution is 7.99. The molecule has 0 bridgehead atoms. The average molecular weight is 469 g/mol. The first-order valence-corrected chi connectivity index (χ1v) is 12.7. The fourth-order valence-corrected chi connectivity index (χ4v) is 6.06. The van der Waals surface area contributed by atoms with Crippen LogP contribution in [0.1, 0.15) is 52.9 Å². The molecule has 0 saturated carbocycles. The van der Waals surface area contributed by atoms with Crippen LogP contribution in [-0.4, -0.2) is 46.3 Å². The Morgan fingerprint density at radius 1 is 1.19 bits per heavy atom. The molecule has 1 aliphatic heterocycles. The van der Waals surface area contributed by atoms with Crippen molar-refractivity contribution in [2.75, 3.05) is 19.6 Å². The maximum atomic E-state index is 12.9. The molecule has 6 nitrogen and oxygen atoms in total. The molecule has 0 aliphatic carbocycles. The Morgan fingerprint density at radius 3 is 2.91 bits per heavy atom. The van der Waals surface area contributed by atoms with E-state index in [4.69, 9.17) is 0 Å². The van der Waals surface area contributed by atoms with E-state index < -0.39 is 0 Å². The first-order valence-electron chi connectivity index (χ1n) is 11.1. The smallest absolute Gasteiger partial charge is 0.252 e. The molecule has 8 heteroatoms. The van der Waals surface area contributed by atoms with E-state index in [2.05, 4.69) is 29.1 Å². The van der Waals surface area contributed by atoms with Crippen molar-refractivity contribution >= 4 is 45.1 Å². The van der Waals surface area contributed by atoms with Gasteiger partial charge in [-0.05, 0) is 50.8 Å². The number of rotatable bonds is 7. The lowest BCUT2D eigenvalue weighted by Gasteiger charge is -2.20. The van der Waals surface area contributed by atoms with Crippen LogP contribution in [0, 0.1) is 13.8 Å². The summed E-state index contributed by atoms with van der Waals surface area (Å²) in [6.45, 7) is 6.26. The van der Waals surface area contributed by atoms with Gasteiger partial charge in [0.05, 0.1) is 5.56 Å². The topological polar surface area (TPSA) is 75.2 Å². The van der Waals surface area contributed by atoms with Crippen molar-refractivity contribution in [2.45, 2.75) is 55.9 Å². The summed E-state index contributed by atoms with van der Waals surface area (Å²) in [5, 5.41) is 4.97. The second-order valence-corrected chi connectivity index (χ2v) is 10.3. The molecule has 1 N–H and O–H groups in total. The number of benzene rings is 1. The molecule has 4 rings (SSSR count). The largest absolute Gasteiger partial charge is 0.352 e. The summed E-state index contributed by atoms with van der Waals surface area (Å²) >= 11 is 3.17. The number of hydrogen-bond acceptors (Lipinski definition) is 6. The lowest BCUT2D eigenvalue weighted by Crippen LogP contribution is -2.34. The normalized spacial score (nSPS) is 14.6. The molecular formula is C24H28N4O2S2. The van der Waals surface area contributed by atoms with Crippen LogP contribution in [0.15, 0.2) is 40.5 Å². The maximum absolute atomic E-state index is 12.9. The quantitative estimate of drug-likeness (QED) is 0.391. The van der Waals surface area contributed by atoms with E-state index in [1.165, 1.54) is 22.2 Å². The van der Waals surface area contributed by atoms with Crippen LogP contribution in [0.5, 0.6) is 0 Å². The highest BCUT2D eigenvalue weighted by Crippen LogP contribution is 2.38. The lowest BCUT2D eigenvalue weighted by atomic mass is 10.2. The fraction of sp³-hybridized carbons (Fsp3) is 0.417. The number of nitrogens with zero attached hydrogens (tertiary/aromatic N) is 3. The molecule has 32 heavy (non-hydrogen) atoms. The number of amides is 2. The minimum Gasteiger partial charge on any atom is -0.352 e. The van der Waals surface area contributed by atoms with Gasteiger partial charge in [0.25, 0.3) is 5.91 Å². The summed E-state index contributed by atoms with van der Waals surface area (Å²) in [4.78, 5) is 39.0. The minimum absolute atomic E-state index is 0.0983. The first kappa shape index (κ1) is 22.7. The summed E-state index contributed by atoms with van der Waals surface area (Å²) in [5.41, 5.74) is 1.83. The highest BCUT2D eigenvalue weighted by Gasteiger charge is 2.18. The van der Waals surface area contributed by atoms with Crippen LogP contribution in [0.25, 0.3) is 10.2 Å². The molecule has 3 heterocycles. The third-order valence-corrected chi connectivity index (χ3v) is 8.02. The second-order valence-electron chi connectivity index (χ2n) is 8.04. The van der Waals surface area contributed by atoms with Gasteiger partial charge in [0, 0.05) is 41.2 Å². The van der Waals surface area contributed by atoms with Crippen molar-refractivity contribution in [3.8, 4) is 0 Å². The van der Waals surface area contributed by atoms with E-state index in [1.54, 1.807) is 17.7 Å². The average Bonchev–Trinajstić information content (AvgIpc) is 2.94. The summed E-state index contributed by atoms with van der Waals surface area (Å²) < 4.78 is 0. The number of aryl methyl sites for hydroxylation is 2. The number of carbonyl (C=O) groups is 2. The zero-order valence-electron chi connectivity index (χ0n) is 18.5. The first-order chi connectivity index (χ1) is 15.5. The van der Waals surface area contributed by atoms with Crippen molar-refractivity contribution in [2.24, 2.45) is 0 Å². The van der Waals surface area contributed by atoms with Crippen molar-refractivity contribution in [3.63, 3.8) is 0 Å². The molecule has 0 radical (unpaired) electrons. The molecule has 1 fully saturated rings. The number of aromatic nitrogens is 2. The summed E-state index contributed by atoms with van der Waals surface area (Å²) in [7, 11) is 0. The summed E-state index contributed by atoms with van der Waals surface area (Å²) in [5.74, 6) is 0.143. The molecule has 168 valence electrons. The van der Waals surface area contributed by atoms with E-state index >= 15 is 0 Å². The second kappa shape index (κ2) is 10.4. The predicted octanol–water partition coefficient (Wildman–Crippen LogP) is 4.98. The molecular weight excluding hydrogens is 440 g/mol. The third kappa shape index (κ3) is 5.13. The molecule has 1 aromatic carbocycles. The van der Waals surface area contributed by atoms with E-state index in [0.717, 1.165) is 52.4 Å². The fourth-order valence-electron chi connectivity index (χ4n) is 3.92. The van der Waals surface area contributed by atoms with Crippen LogP contribution in [0.4, 0.5) is 0 Å². The van der Waals surface area contributed by atoms with Gasteiger partial charge in [-0.25, -0.2) is 9.97 Å². The van der Waals surface area contributed by atoms with E-state index in [-0.39, 0.29) is 11.8 Å². The highest BCUT2D eigenvalue weighted by atomic mass is 32.2. The Hall–Kier alpha value is -2.45. The van der Waals surface area contributed by atoms with E-state index in [1.807, 2.05) is 29.2 Å². The van der Waals surface area contributed by atoms with Crippen LogP contribution >= 0.6 is 23.1 Å². The summed E-state index contributed by atoms with van der Waals surface area (Å²) in [6, 6.07) is 7.62. The Bertz CT molecular complexity index is 1130. The van der Waals surface area contributed by atoms with Gasteiger partial charge in [-0.1, -0.05) is 30.3 Å². The van der Waals surface area contributed by atoms with Crippen LogP contribution in [0.2, 0.25) is 0 Å². The number of fused-ring (bicyclic) bond motifs is 1. The molecule has 0 spiro atoms. The van der Waals surface area contributed by atoms with E-state index in [9.17, 15) is 9.59 Å². The van der Waals surface area contributed by atoms with Crippen molar-refractivity contribution in [3.05, 3.63) is 46.6 Å². The molecule has 0 atom stereocenters. The Balaban J connectivity index is 1.41. The van der Waals surface area contributed by atoms with Crippen molar-refractivity contribution in [1.29, 1.82) is 0 Å². The molecule has 3 aromatic rings. The molecule has 1 saturated heterocycles. The van der Waals surface area contributed by atoms with Crippen LogP contribution in [-0.2, 0) is 4.79 Å². The van der Waals surface area contributed by atoms with Gasteiger partial charge in [-0.15, -0.1) is 11.3 Å². The zero-order valence-corrected chi connectivity index (χ0v) is 20.2. The van der Waals surface area contributed by atoms with Gasteiger partial charge in [0.1, 0.15) is 16.2 Å². The van der Waals surface area contributed by atoms with Gasteiger partial charge in [-0.3, -0.25) is 9.59 Å². The molecule has 1 aliphatic rings. The monoisotopic (exact) mass is 468 g/mol. The molecule has 2 amide bonds. The molecule has 2 aromatic heterocycles. The van der Waals surface area contributed by atoms with Gasteiger partial charge < -0.3 is 10.2 Å². The number of thiophene rings is 1. The van der Waals surface area contributed by atoms with Gasteiger partial charge in [0.15, 0.2) is 0 Å². The Kier molecular flexibility index (Phi) is 7.42. The predicted molar refractivity (Wildman–Crippen MR) is 129 cm³/mol. The number of hydrogen-bond donors (Lipinski definition) is 1. The minimum atomic E-state index is -0.0983. The van der Waals surface area contributed by atoms with E-state index in [0.29, 0.717) is 25.1 Å². The van der Waals surface area contributed by atoms with Crippen LogP contribution in [0.3, 0.4) is 0 Å². The number of nitrogens with one attached hydrogen (secondary N) is 1. The molecule has 0 unspecified atom stereocenters. The SMILES string of the molecule is Cc1sc2ncnc(Sc3ccccc3C(=O)NCCCN3CCCCCC3=O)c2c1C. The lowest BCUT2D eigenvalue weighted by molar-refractivity contribution is -0.130. The Morgan fingerprint density at radius 2 is 2.03 bits per heavy atom. The summed E-state index contributed by atoms with van der Waals surface area (Å²) in [6.07, 6.45) is 6.18. The van der Waals surface area contributed by atoms with Gasteiger partial charge in [-0.2, -0.15) is 0 Å². The standard InChI is InChI=1S/C24H28N4O2S2/c1-16-17(2)31-23-21(16)24(27-15-26-23)32-19-10-6-5-9-18(19)22(30)25-12-8-14-28-13-7-3-4-11-20(28)29/h5-6,9-10,15H,3-4,7-8,11-14H2,1-2H3,(H,25,30). The zero-order chi connectivity index (χ0) is 22.5. The maximum Gasteiger partial charge on any atom is 0.252 e. The number of carbonyl (C=O) groups excluding carboxylic acids is 2. The van der Waals surface area contributed by atoms with Crippen molar-refractivity contribution < 1.29 is 9.59 Å². The number of likely N-dealkylation sites (tertiary alicyclic amines) is 1. The third-order valence-electron chi connectivity index (χ3n) is 5.83.